The van der Waals surface area contributed by atoms with E-state index in [0.29, 0.717) is 13.1 Å². The molecule has 1 N–H and O–H groups in total. The minimum absolute atomic E-state index is 0.0624. The minimum atomic E-state index is -0.818. The summed E-state index contributed by atoms with van der Waals surface area (Å²) in [7, 11) is 0. The first kappa shape index (κ1) is 18.7. The van der Waals surface area contributed by atoms with Gasteiger partial charge < -0.3 is 14.9 Å². The second kappa shape index (κ2) is 8.54. The highest BCUT2D eigenvalue weighted by molar-refractivity contribution is 5.79. The van der Waals surface area contributed by atoms with E-state index in [9.17, 15) is 9.59 Å². The van der Waals surface area contributed by atoms with E-state index < -0.39 is 5.97 Å². The lowest BCUT2D eigenvalue weighted by atomic mass is 9.99. The molecule has 2 fully saturated rings. The van der Waals surface area contributed by atoms with E-state index in [1.54, 1.807) is 0 Å². The number of aryl methyl sites for hydroxylation is 1. The molecule has 1 unspecified atom stereocenters. The Morgan fingerprint density at radius 1 is 1.12 bits per heavy atom. The number of nitrogens with zero attached hydrogens (tertiary/aromatic N) is 3. The van der Waals surface area contributed by atoms with Gasteiger partial charge in [0.1, 0.15) is 0 Å². The molecular formula is C20H29N3O3. The molecule has 2 aliphatic heterocycles. The van der Waals surface area contributed by atoms with Gasteiger partial charge in [-0.3, -0.25) is 14.5 Å². The largest absolute Gasteiger partial charge is 0.481 e. The maximum atomic E-state index is 12.7. The van der Waals surface area contributed by atoms with Crippen molar-refractivity contribution in [1.29, 1.82) is 0 Å². The van der Waals surface area contributed by atoms with Gasteiger partial charge >= 0.3 is 5.97 Å². The molecule has 0 radical (unpaired) electrons. The van der Waals surface area contributed by atoms with Crippen molar-refractivity contribution < 1.29 is 14.7 Å². The van der Waals surface area contributed by atoms with Crippen molar-refractivity contribution in [2.75, 3.05) is 44.2 Å². The zero-order valence-electron chi connectivity index (χ0n) is 15.6. The number of hydrogen-bond donors (Lipinski definition) is 1. The molecule has 2 saturated heterocycles. The van der Waals surface area contributed by atoms with Crippen LogP contribution in [-0.2, 0) is 9.59 Å². The van der Waals surface area contributed by atoms with Gasteiger partial charge in [-0.05, 0) is 43.9 Å². The molecule has 0 aromatic heterocycles. The van der Waals surface area contributed by atoms with E-state index >= 15 is 0 Å². The van der Waals surface area contributed by atoms with Crippen molar-refractivity contribution in [2.24, 2.45) is 0 Å². The summed E-state index contributed by atoms with van der Waals surface area (Å²) in [6, 6.07) is 8.38. The Bertz CT molecular complexity index is 641. The van der Waals surface area contributed by atoms with E-state index in [0.717, 1.165) is 45.4 Å². The highest BCUT2D eigenvalue weighted by atomic mass is 16.4. The van der Waals surface area contributed by atoms with Crippen LogP contribution < -0.4 is 4.90 Å². The summed E-state index contributed by atoms with van der Waals surface area (Å²) in [5, 5.41) is 9.09. The Morgan fingerprint density at radius 3 is 2.58 bits per heavy atom. The van der Waals surface area contributed by atoms with Crippen LogP contribution in [0.1, 0.15) is 31.2 Å². The standard InChI is InChI=1S/C20H29N3O3/c1-16-5-4-7-17(13-16)22-11-9-21(10-12-22)15-19(24)23-8-3-2-6-18(23)14-20(25)26/h4-5,7,13,18H,2-3,6,8-12,14-15H2,1H3,(H,25,26). The SMILES string of the molecule is Cc1cccc(N2CCN(CC(=O)N3CCCCC3CC(=O)O)CC2)c1. The Balaban J connectivity index is 1.52. The molecule has 1 amide bonds. The van der Waals surface area contributed by atoms with Crippen LogP contribution in [0.5, 0.6) is 0 Å². The zero-order valence-corrected chi connectivity index (χ0v) is 15.6. The summed E-state index contributed by atoms with van der Waals surface area (Å²) in [5.74, 6) is -0.735. The van der Waals surface area contributed by atoms with Gasteiger partial charge in [-0.2, -0.15) is 0 Å². The maximum absolute atomic E-state index is 12.7. The van der Waals surface area contributed by atoms with Gasteiger partial charge in [0.25, 0.3) is 0 Å². The third-order valence-corrected chi connectivity index (χ3v) is 5.46. The van der Waals surface area contributed by atoms with Gasteiger partial charge in [-0.25, -0.2) is 0 Å². The lowest BCUT2D eigenvalue weighted by Crippen LogP contribution is -2.52. The fraction of sp³-hybridized carbons (Fsp3) is 0.600. The highest BCUT2D eigenvalue weighted by Crippen LogP contribution is 2.21. The second-order valence-electron chi connectivity index (χ2n) is 7.44. The van der Waals surface area contributed by atoms with Crippen molar-refractivity contribution in [2.45, 2.75) is 38.6 Å². The van der Waals surface area contributed by atoms with Crippen molar-refractivity contribution in [3.63, 3.8) is 0 Å². The second-order valence-corrected chi connectivity index (χ2v) is 7.44. The number of aliphatic carboxylic acids is 1. The van der Waals surface area contributed by atoms with Crippen molar-refractivity contribution in [1.82, 2.24) is 9.80 Å². The smallest absolute Gasteiger partial charge is 0.305 e. The summed E-state index contributed by atoms with van der Waals surface area (Å²) >= 11 is 0. The van der Waals surface area contributed by atoms with E-state index in [2.05, 4.69) is 41.0 Å². The van der Waals surface area contributed by atoms with Gasteiger partial charge in [0.15, 0.2) is 0 Å². The lowest BCUT2D eigenvalue weighted by Gasteiger charge is -2.39. The van der Waals surface area contributed by atoms with Gasteiger partial charge in [-0.15, -0.1) is 0 Å². The molecule has 26 heavy (non-hydrogen) atoms. The van der Waals surface area contributed by atoms with E-state index in [-0.39, 0.29) is 18.4 Å². The fourth-order valence-corrected chi connectivity index (χ4v) is 4.01. The first-order chi connectivity index (χ1) is 12.5. The number of rotatable bonds is 5. The third kappa shape index (κ3) is 4.75. The quantitative estimate of drug-likeness (QED) is 0.871. The number of likely N-dealkylation sites (tertiary alicyclic amines) is 1. The predicted molar refractivity (Wildman–Crippen MR) is 101 cm³/mol. The summed E-state index contributed by atoms with van der Waals surface area (Å²) in [4.78, 5) is 30.2. The molecule has 142 valence electrons. The van der Waals surface area contributed by atoms with E-state index in [4.69, 9.17) is 5.11 Å². The number of piperidine rings is 1. The van der Waals surface area contributed by atoms with Crippen LogP contribution in [0.3, 0.4) is 0 Å². The van der Waals surface area contributed by atoms with Gasteiger partial charge in [-0.1, -0.05) is 12.1 Å². The van der Waals surface area contributed by atoms with Crippen LogP contribution >= 0.6 is 0 Å². The number of hydrogen-bond acceptors (Lipinski definition) is 4. The highest BCUT2D eigenvalue weighted by Gasteiger charge is 2.30. The molecule has 1 atom stereocenters. The Kier molecular flexibility index (Phi) is 6.14. The topological polar surface area (TPSA) is 64.1 Å². The molecule has 6 nitrogen and oxygen atoms in total. The number of piperazine rings is 1. The first-order valence-corrected chi connectivity index (χ1v) is 9.58. The summed E-state index contributed by atoms with van der Waals surface area (Å²) in [6.45, 7) is 6.74. The van der Waals surface area contributed by atoms with Gasteiger partial charge in [0.05, 0.1) is 13.0 Å². The third-order valence-electron chi connectivity index (χ3n) is 5.46. The molecule has 1 aromatic rings. The molecule has 0 bridgehead atoms. The normalized spacial score (nSPS) is 21.7. The molecule has 2 aliphatic rings. The van der Waals surface area contributed by atoms with E-state index in [1.807, 2.05) is 4.90 Å². The fourth-order valence-electron chi connectivity index (χ4n) is 4.01. The molecule has 0 saturated carbocycles. The number of benzene rings is 1. The van der Waals surface area contributed by atoms with Crippen LogP contribution in [0.15, 0.2) is 24.3 Å². The molecular weight excluding hydrogens is 330 g/mol. The maximum Gasteiger partial charge on any atom is 0.305 e. The number of carbonyl (C=O) groups excluding carboxylic acids is 1. The van der Waals surface area contributed by atoms with Gasteiger partial charge in [0.2, 0.25) is 5.91 Å². The molecule has 0 spiro atoms. The van der Waals surface area contributed by atoms with Crippen LogP contribution in [0.4, 0.5) is 5.69 Å². The summed E-state index contributed by atoms with van der Waals surface area (Å²) < 4.78 is 0. The Morgan fingerprint density at radius 2 is 1.88 bits per heavy atom. The molecule has 3 rings (SSSR count). The van der Waals surface area contributed by atoms with Crippen molar-refractivity contribution in [3.8, 4) is 0 Å². The van der Waals surface area contributed by atoms with Gasteiger partial charge in [0, 0.05) is 44.5 Å². The average Bonchev–Trinajstić information content (AvgIpc) is 2.62. The minimum Gasteiger partial charge on any atom is -0.481 e. The zero-order chi connectivity index (χ0) is 18.5. The predicted octanol–water partition coefficient (Wildman–Crippen LogP) is 1.97. The van der Waals surface area contributed by atoms with Crippen LogP contribution in [0, 0.1) is 6.92 Å². The summed E-state index contributed by atoms with van der Waals surface area (Å²) in [5.41, 5.74) is 2.50. The summed E-state index contributed by atoms with van der Waals surface area (Å²) in [6.07, 6.45) is 2.85. The number of carboxylic acid groups (broad SMARTS) is 1. The van der Waals surface area contributed by atoms with Crippen molar-refractivity contribution in [3.05, 3.63) is 29.8 Å². The average molecular weight is 359 g/mol. The van der Waals surface area contributed by atoms with Crippen molar-refractivity contribution >= 4 is 17.6 Å². The number of amides is 1. The number of anilines is 1. The van der Waals surface area contributed by atoms with Crippen LogP contribution in [0.2, 0.25) is 0 Å². The Hall–Kier alpha value is -2.08. The molecule has 1 aromatic carbocycles. The molecule has 6 heteroatoms. The number of carboxylic acids is 1. The molecule has 0 aliphatic carbocycles. The number of carbonyl (C=O) groups is 2. The molecule has 2 heterocycles. The van der Waals surface area contributed by atoms with Crippen LogP contribution in [-0.4, -0.2) is 72.1 Å². The first-order valence-electron chi connectivity index (χ1n) is 9.58. The van der Waals surface area contributed by atoms with E-state index in [1.165, 1.54) is 11.3 Å². The Labute approximate surface area is 155 Å². The van der Waals surface area contributed by atoms with Crippen LogP contribution in [0.25, 0.3) is 0 Å². The lowest BCUT2D eigenvalue weighted by molar-refractivity contribution is -0.142. The monoisotopic (exact) mass is 359 g/mol.